The quantitative estimate of drug-likeness (QED) is 0.631. The molecular weight excluding hydrogens is 214 g/mol. The molecule has 4 heteroatoms. The molecule has 1 heterocycles. The number of hydrogen-bond acceptors (Lipinski definition) is 3. The first-order chi connectivity index (χ1) is 8.36. The summed E-state index contributed by atoms with van der Waals surface area (Å²) >= 11 is 0. The molecule has 4 nitrogen and oxygen atoms in total. The normalized spacial score (nSPS) is 10.6. The van der Waals surface area contributed by atoms with Crippen LogP contribution in [0.15, 0.2) is 59.4 Å². The lowest BCUT2D eigenvalue weighted by molar-refractivity contribution is 0.738. The summed E-state index contributed by atoms with van der Waals surface area (Å²) in [5, 5.41) is 8.54. The summed E-state index contributed by atoms with van der Waals surface area (Å²) in [6.07, 6.45) is 0. The summed E-state index contributed by atoms with van der Waals surface area (Å²) in [6, 6.07) is 16.4. The molecule has 0 aliphatic heterocycles. The van der Waals surface area contributed by atoms with E-state index in [1.165, 1.54) is 4.68 Å². The third-order valence-corrected chi connectivity index (χ3v) is 2.57. The van der Waals surface area contributed by atoms with Crippen molar-refractivity contribution in [3.63, 3.8) is 0 Å². The van der Waals surface area contributed by atoms with Crippen molar-refractivity contribution in [3.05, 3.63) is 65.0 Å². The molecule has 0 saturated heterocycles. The second-order valence-corrected chi connectivity index (χ2v) is 3.66. The second kappa shape index (κ2) is 3.83. The summed E-state index contributed by atoms with van der Waals surface area (Å²) in [4.78, 5) is 12.2. The van der Waals surface area contributed by atoms with Gasteiger partial charge in [-0.3, -0.25) is 4.79 Å². The van der Waals surface area contributed by atoms with Crippen molar-refractivity contribution < 1.29 is 0 Å². The van der Waals surface area contributed by atoms with Gasteiger partial charge < -0.3 is 0 Å². The first-order valence-electron chi connectivity index (χ1n) is 5.26. The van der Waals surface area contributed by atoms with Crippen LogP contribution in [0.4, 0.5) is 0 Å². The molecule has 0 saturated carbocycles. The van der Waals surface area contributed by atoms with Crippen LogP contribution in [0.1, 0.15) is 0 Å². The van der Waals surface area contributed by atoms with Crippen molar-refractivity contribution in [3.8, 4) is 5.69 Å². The maximum Gasteiger partial charge on any atom is 0.282 e. The topological polar surface area (TPSA) is 47.8 Å². The van der Waals surface area contributed by atoms with Crippen LogP contribution < -0.4 is 5.56 Å². The monoisotopic (exact) mass is 223 g/mol. The zero-order valence-corrected chi connectivity index (χ0v) is 8.95. The highest BCUT2D eigenvalue weighted by Crippen LogP contribution is 2.06. The van der Waals surface area contributed by atoms with Crippen molar-refractivity contribution in [2.75, 3.05) is 0 Å². The summed E-state index contributed by atoms with van der Waals surface area (Å²) in [6.45, 7) is 0. The Hall–Kier alpha value is -2.49. The molecule has 0 bridgehead atoms. The van der Waals surface area contributed by atoms with E-state index in [1.54, 1.807) is 12.1 Å². The minimum Gasteiger partial charge on any atom is -0.267 e. The Morgan fingerprint density at radius 2 is 1.59 bits per heavy atom. The van der Waals surface area contributed by atoms with Gasteiger partial charge in [0.1, 0.15) is 5.52 Å². The molecule has 17 heavy (non-hydrogen) atoms. The summed E-state index contributed by atoms with van der Waals surface area (Å²) in [5.74, 6) is 0. The minimum absolute atomic E-state index is 0.151. The first kappa shape index (κ1) is 9.72. The molecule has 0 spiro atoms. The fraction of sp³-hybridized carbons (Fsp3) is 0. The number of aromatic nitrogens is 3. The minimum atomic E-state index is -0.151. The Labute approximate surface area is 97.1 Å². The zero-order valence-electron chi connectivity index (χ0n) is 8.95. The molecule has 0 aliphatic carbocycles. The van der Waals surface area contributed by atoms with Crippen LogP contribution in [0.2, 0.25) is 0 Å². The fourth-order valence-corrected chi connectivity index (χ4v) is 1.73. The van der Waals surface area contributed by atoms with E-state index >= 15 is 0 Å². The predicted octanol–water partition coefficient (Wildman–Crippen LogP) is 1.78. The summed E-state index contributed by atoms with van der Waals surface area (Å²) in [5.41, 5.74) is 1.18. The van der Waals surface area contributed by atoms with Crippen LogP contribution in [0.25, 0.3) is 16.6 Å². The van der Waals surface area contributed by atoms with Gasteiger partial charge in [-0.2, -0.15) is 4.68 Å². The molecule has 82 valence electrons. The van der Waals surface area contributed by atoms with Gasteiger partial charge in [-0.25, -0.2) is 0 Å². The van der Waals surface area contributed by atoms with Gasteiger partial charge in [-0.15, -0.1) is 5.10 Å². The van der Waals surface area contributed by atoms with E-state index in [4.69, 9.17) is 0 Å². The molecule has 0 radical (unpaired) electrons. The lowest BCUT2D eigenvalue weighted by Gasteiger charge is -2.03. The van der Waals surface area contributed by atoms with Gasteiger partial charge in [0, 0.05) is 0 Å². The molecule has 1 aromatic heterocycles. The lowest BCUT2D eigenvalue weighted by Crippen LogP contribution is -2.22. The Morgan fingerprint density at radius 1 is 0.882 bits per heavy atom. The molecule has 2 aromatic carbocycles. The van der Waals surface area contributed by atoms with Crippen molar-refractivity contribution in [1.29, 1.82) is 0 Å². The van der Waals surface area contributed by atoms with Crippen molar-refractivity contribution in [1.82, 2.24) is 15.0 Å². The number of benzene rings is 2. The molecule has 0 fully saturated rings. The van der Waals surface area contributed by atoms with Gasteiger partial charge in [0.2, 0.25) is 0 Å². The number of hydrogen-bond donors (Lipinski definition) is 0. The second-order valence-electron chi connectivity index (χ2n) is 3.66. The molecule has 0 unspecified atom stereocenters. The largest absolute Gasteiger partial charge is 0.282 e. The molecule has 3 rings (SSSR count). The van der Waals surface area contributed by atoms with Crippen LogP contribution in [-0.4, -0.2) is 15.0 Å². The number of fused-ring (bicyclic) bond motifs is 1. The van der Waals surface area contributed by atoms with Crippen LogP contribution in [0.5, 0.6) is 0 Å². The van der Waals surface area contributed by atoms with E-state index < -0.39 is 0 Å². The average Bonchev–Trinajstić information content (AvgIpc) is 2.40. The summed E-state index contributed by atoms with van der Waals surface area (Å²) in [7, 11) is 0. The van der Waals surface area contributed by atoms with Crippen LogP contribution in [-0.2, 0) is 0 Å². The summed E-state index contributed by atoms with van der Waals surface area (Å²) < 4.78 is 1.31. The average molecular weight is 223 g/mol. The Kier molecular flexibility index (Phi) is 2.19. The van der Waals surface area contributed by atoms with Gasteiger partial charge in [-0.1, -0.05) is 35.5 Å². The molecule has 3 aromatic rings. The molecule has 0 atom stereocenters. The van der Waals surface area contributed by atoms with Gasteiger partial charge in [0.05, 0.1) is 11.1 Å². The van der Waals surface area contributed by atoms with E-state index in [1.807, 2.05) is 42.5 Å². The number of rotatable bonds is 1. The Bertz CT molecular complexity index is 719. The van der Waals surface area contributed by atoms with Crippen molar-refractivity contribution in [2.45, 2.75) is 0 Å². The van der Waals surface area contributed by atoms with Gasteiger partial charge >= 0.3 is 0 Å². The van der Waals surface area contributed by atoms with E-state index in [0.29, 0.717) is 10.9 Å². The van der Waals surface area contributed by atoms with E-state index in [9.17, 15) is 4.79 Å². The van der Waals surface area contributed by atoms with E-state index in [2.05, 4.69) is 10.3 Å². The number of nitrogens with zero attached hydrogens (tertiary/aromatic N) is 3. The predicted molar refractivity (Wildman–Crippen MR) is 65.1 cm³/mol. The highest BCUT2D eigenvalue weighted by Gasteiger charge is 2.05. The standard InChI is InChI=1S/C13H9N3O/c17-13-11-8-4-5-9-12(11)14-15-16(13)10-6-2-1-3-7-10/h1-9H. The maximum absolute atomic E-state index is 12.2. The smallest absolute Gasteiger partial charge is 0.267 e. The van der Waals surface area contributed by atoms with Gasteiger partial charge in [0.15, 0.2) is 0 Å². The van der Waals surface area contributed by atoms with E-state index in [-0.39, 0.29) is 5.56 Å². The fourth-order valence-electron chi connectivity index (χ4n) is 1.73. The highest BCUT2D eigenvalue weighted by molar-refractivity contribution is 5.76. The lowest BCUT2D eigenvalue weighted by atomic mass is 10.2. The van der Waals surface area contributed by atoms with Crippen molar-refractivity contribution >= 4 is 10.9 Å². The number of para-hydroxylation sites is 1. The molecule has 0 amide bonds. The van der Waals surface area contributed by atoms with Crippen LogP contribution in [0.3, 0.4) is 0 Å². The first-order valence-corrected chi connectivity index (χ1v) is 5.26. The molecule has 0 aliphatic rings. The highest BCUT2D eigenvalue weighted by atomic mass is 16.1. The van der Waals surface area contributed by atoms with Crippen LogP contribution >= 0.6 is 0 Å². The van der Waals surface area contributed by atoms with Gasteiger partial charge in [0.25, 0.3) is 5.56 Å². The van der Waals surface area contributed by atoms with Crippen LogP contribution in [0, 0.1) is 0 Å². The molecule has 0 N–H and O–H groups in total. The van der Waals surface area contributed by atoms with Crippen molar-refractivity contribution in [2.24, 2.45) is 0 Å². The molecular formula is C13H9N3O. The maximum atomic E-state index is 12.2. The third-order valence-electron chi connectivity index (χ3n) is 2.57. The van der Waals surface area contributed by atoms with Gasteiger partial charge in [-0.05, 0) is 24.3 Å². The SMILES string of the molecule is O=c1c2ccccc2nnn1-c1ccccc1. The van der Waals surface area contributed by atoms with E-state index in [0.717, 1.165) is 5.69 Å². The Balaban J connectivity index is 2.33. The zero-order chi connectivity index (χ0) is 11.7. The Morgan fingerprint density at radius 3 is 2.41 bits per heavy atom. The third kappa shape index (κ3) is 1.59.